The van der Waals surface area contributed by atoms with Crippen molar-refractivity contribution < 1.29 is 4.74 Å². The van der Waals surface area contributed by atoms with Crippen molar-refractivity contribution in [3.8, 4) is 22.1 Å². The molecule has 1 aromatic carbocycles. The van der Waals surface area contributed by atoms with Crippen LogP contribution in [0.2, 0.25) is 0 Å². The minimum Gasteiger partial charge on any atom is -0.472 e. The molecule has 1 aliphatic rings. The maximum absolute atomic E-state index is 5.90. The molecule has 1 aliphatic heterocycles. The summed E-state index contributed by atoms with van der Waals surface area (Å²) in [5, 5.41) is 2.05. The fraction of sp³-hybridized carbons (Fsp3) is 0.0714. The van der Waals surface area contributed by atoms with E-state index < -0.39 is 0 Å². The first-order chi connectivity index (χ1) is 9.34. The first-order valence-electron chi connectivity index (χ1n) is 5.94. The smallest absolute Gasteiger partial charge is 0.226 e. The molecule has 0 saturated carbocycles. The molecule has 0 aliphatic carbocycles. The molecule has 0 atom stereocenters. The molecule has 2 aromatic heterocycles. The van der Waals surface area contributed by atoms with Crippen molar-refractivity contribution in [1.82, 2.24) is 9.55 Å². The van der Waals surface area contributed by atoms with E-state index >= 15 is 0 Å². The summed E-state index contributed by atoms with van der Waals surface area (Å²) >= 11 is 7.11. The molecule has 4 rings (SSSR count). The maximum Gasteiger partial charge on any atom is 0.226 e. The highest BCUT2D eigenvalue weighted by Gasteiger charge is 2.23. The van der Waals surface area contributed by atoms with Crippen LogP contribution >= 0.6 is 23.6 Å². The molecule has 0 amide bonds. The Hall–Kier alpha value is -1.85. The van der Waals surface area contributed by atoms with Crippen LogP contribution in [0.5, 0.6) is 5.88 Å². The summed E-state index contributed by atoms with van der Waals surface area (Å²) in [6.07, 6.45) is 0. The van der Waals surface area contributed by atoms with Gasteiger partial charge in [-0.25, -0.2) is 0 Å². The summed E-state index contributed by atoms with van der Waals surface area (Å²) in [6, 6.07) is 12.3. The van der Waals surface area contributed by atoms with E-state index in [-0.39, 0.29) is 0 Å². The predicted octanol–water partition coefficient (Wildman–Crippen LogP) is 4.16. The van der Waals surface area contributed by atoms with Crippen molar-refractivity contribution in [3.63, 3.8) is 0 Å². The molecule has 0 radical (unpaired) electrons. The van der Waals surface area contributed by atoms with Crippen LogP contribution in [-0.2, 0) is 6.61 Å². The van der Waals surface area contributed by atoms with Crippen molar-refractivity contribution in [3.05, 3.63) is 52.1 Å². The number of rotatable bonds is 1. The molecule has 1 N–H and O–H groups in total. The zero-order valence-corrected chi connectivity index (χ0v) is 11.6. The molecule has 0 saturated heterocycles. The fourth-order valence-corrected chi connectivity index (χ4v) is 3.36. The Balaban J connectivity index is 2.02. The topological polar surface area (TPSA) is 29.9 Å². The van der Waals surface area contributed by atoms with Crippen LogP contribution in [0.25, 0.3) is 16.3 Å². The number of ether oxygens (including phenoxy) is 1. The molecule has 5 heteroatoms. The highest BCUT2D eigenvalue weighted by Crippen LogP contribution is 2.38. The third-order valence-corrected chi connectivity index (χ3v) is 4.39. The molecule has 0 fully saturated rings. The van der Waals surface area contributed by atoms with Gasteiger partial charge in [0.1, 0.15) is 12.3 Å². The summed E-state index contributed by atoms with van der Waals surface area (Å²) < 4.78 is 8.54. The highest BCUT2D eigenvalue weighted by atomic mass is 32.1. The van der Waals surface area contributed by atoms with Gasteiger partial charge in [-0.3, -0.25) is 4.57 Å². The van der Waals surface area contributed by atoms with Gasteiger partial charge < -0.3 is 9.72 Å². The van der Waals surface area contributed by atoms with E-state index in [1.165, 1.54) is 0 Å². The molecule has 94 valence electrons. The van der Waals surface area contributed by atoms with E-state index in [2.05, 4.69) is 23.2 Å². The van der Waals surface area contributed by atoms with Gasteiger partial charge in [-0.2, -0.15) is 0 Å². The molecule has 0 spiro atoms. The number of fused-ring (bicyclic) bond motifs is 3. The van der Waals surface area contributed by atoms with Gasteiger partial charge in [0.05, 0.1) is 10.6 Å². The van der Waals surface area contributed by atoms with Crippen LogP contribution in [0.1, 0.15) is 5.56 Å². The Morgan fingerprint density at radius 3 is 2.95 bits per heavy atom. The SMILES string of the molecule is S=c1[nH]c(-c2cccs2)c2n1-c1ccccc1CO2. The second-order valence-electron chi connectivity index (χ2n) is 4.34. The van der Waals surface area contributed by atoms with Crippen LogP contribution in [0, 0.1) is 4.77 Å². The van der Waals surface area contributed by atoms with Crippen LogP contribution in [0.3, 0.4) is 0 Å². The number of imidazole rings is 1. The van der Waals surface area contributed by atoms with Gasteiger partial charge in [0, 0.05) is 5.56 Å². The third-order valence-electron chi connectivity index (χ3n) is 3.22. The number of nitrogens with one attached hydrogen (secondary N) is 1. The Kier molecular flexibility index (Phi) is 2.36. The van der Waals surface area contributed by atoms with Gasteiger partial charge in [0.15, 0.2) is 4.77 Å². The van der Waals surface area contributed by atoms with E-state index in [4.69, 9.17) is 17.0 Å². The van der Waals surface area contributed by atoms with E-state index in [1.807, 2.05) is 28.1 Å². The molecular weight excluding hydrogens is 276 g/mol. The van der Waals surface area contributed by atoms with Gasteiger partial charge in [0.2, 0.25) is 5.88 Å². The summed E-state index contributed by atoms with van der Waals surface area (Å²) in [5.41, 5.74) is 3.23. The zero-order valence-electron chi connectivity index (χ0n) is 9.92. The molecule has 0 unspecified atom stereocenters. The van der Waals surface area contributed by atoms with Crippen LogP contribution in [0.4, 0.5) is 0 Å². The van der Waals surface area contributed by atoms with Crippen LogP contribution in [0.15, 0.2) is 41.8 Å². The van der Waals surface area contributed by atoms with E-state index in [9.17, 15) is 0 Å². The first kappa shape index (κ1) is 11.0. The Morgan fingerprint density at radius 2 is 2.11 bits per heavy atom. The average Bonchev–Trinajstić information content (AvgIpc) is 3.06. The maximum atomic E-state index is 5.90. The van der Waals surface area contributed by atoms with Gasteiger partial charge in [-0.05, 0) is 29.7 Å². The first-order valence-corrected chi connectivity index (χ1v) is 7.23. The fourth-order valence-electron chi connectivity index (χ4n) is 2.36. The summed E-state index contributed by atoms with van der Waals surface area (Å²) in [6.45, 7) is 0.584. The van der Waals surface area contributed by atoms with Crippen molar-refractivity contribution in [2.45, 2.75) is 6.61 Å². The molecular formula is C14H10N2OS2. The van der Waals surface area contributed by atoms with Crippen molar-refractivity contribution in [1.29, 1.82) is 0 Å². The van der Waals surface area contributed by atoms with Crippen molar-refractivity contribution >= 4 is 23.6 Å². The number of hydrogen-bond donors (Lipinski definition) is 1. The number of H-pyrrole nitrogens is 1. The van der Waals surface area contributed by atoms with Gasteiger partial charge in [-0.15, -0.1) is 11.3 Å². The number of thiophene rings is 1. The number of nitrogens with zero attached hydrogens (tertiary/aromatic N) is 1. The lowest BCUT2D eigenvalue weighted by atomic mass is 10.1. The predicted molar refractivity (Wildman–Crippen MR) is 78.6 cm³/mol. The van der Waals surface area contributed by atoms with E-state index in [1.54, 1.807) is 11.3 Å². The minimum atomic E-state index is 0.584. The number of benzene rings is 1. The lowest BCUT2D eigenvalue weighted by molar-refractivity contribution is 0.277. The summed E-state index contributed by atoms with van der Waals surface area (Å²) in [4.78, 5) is 4.40. The molecule has 19 heavy (non-hydrogen) atoms. The Morgan fingerprint density at radius 1 is 1.21 bits per heavy atom. The number of aromatic amines is 1. The number of para-hydroxylation sites is 1. The van der Waals surface area contributed by atoms with Crippen LogP contribution < -0.4 is 4.74 Å². The largest absolute Gasteiger partial charge is 0.472 e. The van der Waals surface area contributed by atoms with Crippen LogP contribution in [-0.4, -0.2) is 9.55 Å². The minimum absolute atomic E-state index is 0.584. The monoisotopic (exact) mass is 286 g/mol. The summed E-state index contributed by atoms with van der Waals surface area (Å²) in [5.74, 6) is 0.811. The van der Waals surface area contributed by atoms with Gasteiger partial charge in [-0.1, -0.05) is 24.3 Å². The second-order valence-corrected chi connectivity index (χ2v) is 5.67. The average molecular weight is 286 g/mol. The zero-order chi connectivity index (χ0) is 12.8. The lowest BCUT2D eigenvalue weighted by Gasteiger charge is -2.20. The van der Waals surface area contributed by atoms with Gasteiger partial charge in [0.25, 0.3) is 0 Å². The van der Waals surface area contributed by atoms with E-state index in [0.29, 0.717) is 11.4 Å². The van der Waals surface area contributed by atoms with Crippen molar-refractivity contribution in [2.24, 2.45) is 0 Å². The Labute approximate surface area is 119 Å². The van der Waals surface area contributed by atoms with E-state index in [0.717, 1.165) is 27.7 Å². The highest BCUT2D eigenvalue weighted by molar-refractivity contribution is 7.71. The number of aromatic nitrogens is 2. The molecule has 3 nitrogen and oxygen atoms in total. The molecule has 0 bridgehead atoms. The van der Waals surface area contributed by atoms with Crippen molar-refractivity contribution in [2.75, 3.05) is 0 Å². The quantitative estimate of drug-likeness (QED) is 0.681. The lowest BCUT2D eigenvalue weighted by Crippen LogP contribution is -2.11. The van der Waals surface area contributed by atoms with Gasteiger partial charge >= 0.3 is 0 Å². The second kappa shape index (κ2) is 4.08. The third kappa shape index (κ3) is 1.59. The molecule has 3 aromatic rings. The number of hydrogen-bond acceptors (Lipinski definition) is 3. The standard InChI is InChI=1S/C14H10N2OS2/c18-14-15-12(11-6-3-7-19-11)13-16(14)10-5-2-1-4-9(10)8-17-13/h1-7H,8H2,(H,15,18). The Bertz CT molecular complexity index is 799. The molecule has 3 heterocycles. The summed E-state index contributed by atoms with van der Waals surface area (Å²) in [7, 11) is 0. The normalized spacial score (nSPS) is 12.6.